The largest absolute Gasteiger partial charge is 0.405 e. The van der Waals surface area contributed by atoms with Crippen molar-refractivity contribution >= 4 is 34.8 Å². The number of nitrogens with two attached hydrogens (primary N) is 1. The van der Waals surface area contributed by atoms with E-state index in [-0.39, 0.29) is 9.20 Å². The van der Waals surface area contributed by atoms with Gasteiger partial charge < -0.3 is 5.73 Å². The fraction of sp³-hybridized carbons (Fsp3) is 0. The van der Waals surface area contributed by atoms with Crippen molar-refractivity contribution in [3.8, 4) is 0 Å². The van der Waals surface area contributed by atoms with Crippen molar-refractivity contribution in [2.24, 2.45) is 5.73 Å². The predicted octanol–water partition coefficient (Wildman–Crippen LogP) is 2.74. The van der Waals surface area contributed by atoms with Gasteiger partial charge in [0.25, 0.3) is 0 Å². The molecule has 0 rings (SSSR count). The van der Waals surface area contributed by atoms with E-state index in [4.69, 9.17) is 34.8 Å². The molecule has 0 atom stereocenters. The first-order chi connectivity index (χ1) is 3.68. The van der Waals surface area contributed by atoms with Gasteiger partial charge >= 0.3 is 0 Å². The van der Waals surface area contributed by atoms with Crippen molar-refractivity contribution in [3.05, 3.63) is 22.8 Å². The highest BCUT2D eigenvalue weighted by Crippen LogP contribution is 2.05. The molecule has 0 amide bonds. The summed E-state index contributed by atoms with van der Waals surface area (Å²) in [4.78, 5) is 0. The SMILES string of the molecule is C=CN.ClC=C(Cl)Cl.F. The Balaban J connectivity index is -0.0000000800. The molecule has 0 aliphatic heterocycles. The molecule has 0 aromatic heterocycles. The Morgan fingerprint density at radius 3 is 1.56 bits per heavy atom. The van der Waals surface area contributed by atoms with Crippen LogP contribution >= 0.6 is 34.8 Å². The number of hydrogen-bond acceptors (Lipinski definition) is 1. The van der Waals surface area contributed by atoms with Gasteiger partial charge in [-0.2, -0.15) is 0 Å². The molecule has 56 valence electrons. The van der Waals surface area contributed by atoms with Crippen LogP contribution in [0.25, 0.3) is 0 Å². The van der Waals surface area contributed by atoms with Gasteiger partial charge in [0.2, 0.25) is 0 Å². The maximum absolute atomic E-state index is 4.96. The summed E-state index contributed by atoms with van der Waals surface area (Å²) in [6.45, 7) is 3.14. The van der Waals surface area contributed by atoms with Crippen LogP contribution in [0.1, 0.15) is 0 Å². The van der Waals surface area contributed by atoms with E-state index < -0.39 is 0 Å². The van der Waals surface area contributed by atoms with Crippen molar-refractivity contribution in [1.29, 1.82) is 0 Å². The molecular weight excluding hydrogens is 187 g/mol. The lowest BCUT2D eigenvalue weighted by Crippen LogP contribution is -1.67. The Hall–Kier alpha value is 0.0800. The predicted molar refractivity (Wildman–Crippen MR) is 42.5 cm³/mol. The third kappa shape index (κ3) is 69.0. The third-order valence-electron chi connectivity index (χ3n) is 0.0825. The quantitative estimate of drug-likeness (QED) is 0.630. The van der Waals surface area contributed by atoms with Gasteiger partial charge in [0.15, 0.2) is 0 Å². The fourth-order valence-corrected chi connectivity index (χ4v) is 0. The highest BCUT2D eigenvalue weighted by molar-refractivity contribution is 6.58. The van der Waals surface area contributed by atoms with Crippen LogP contribution < -0.4 is 5.73 Å². The summed E-state index contributed by atoms with van der Waals surface area (Å²) < 4.78 is 0.0895. The van der Waals surface area contributed by atoms with Gasteiger partial charge in [0.05, 0.1) is 0 Å². The molecule has 0 aromatic carbocycles. The molecule has 0 heterocycles. The van der Waals surface area contributed by atoms with E-state index in [1.807, 2.05) is 0 Å². The lowest BCUT2D eigenvalue weighted by molar-refractivity contribution is 1.11. The van der Waals surface area contributed by atoms with E-state index in [2.05, 4.69) is 12.3 Å². The zero-order valence-corrected chi connectivity index (χ0v) is 6.75. The molecule has 0 fully saturated rings. The first kappa shape index (κ1) is 16.0. The summed E-state index contributed by atoms with van der Waals surface area (Å²) >= 11 is 14.8. The molecule has 0 saturated heterocycles. The zero-order chi connectivity index (χ0) is 6.99. The molecule has 0 radical (unpaired) electrons. The maximum Gasteiger partial charge on any atom is 0.118 e. The summed E-state index contributed by atoms with van der Waals surface area (Å²) in [5.74, 6) is 0. The lowest BCUT2D eigenvalue weighted by Gasteiger charge is -1.64. The Bertz CT molecular complexity index is 79.9. The van der Waals surface area contributed by atoms with Crippen LogP contribution in [-0.4, -0.2) is 0 Å². The molecular formula is C4H7Cl3FN. The number of rotatable bonds is 0. The van der Waals surface area contributed by atoms with Crippen LogP contribution in [0, 0.1) is 0 Å². The van der Waals surface area contributed by atoms with Gasteiger partial charge in [0.1, 0.15) is 4.49 Å². The monoisotopic (exact) mass is 193 g/mol. The van der Waals surface area contributed by atoms with Crippen molar-refractivity contribution in [3.63, 3.8) is 0 Å². The van der Waals surface area contributed by atoms with E-state index >= 15 is 0 Å². The minimum absolute atomic E-state index is 0. The molecule has 0 saturated carbocycles. The van der Waals surface area contributed by atoms with Crippen LogP contribution in [0.2, 0.25) is 0 Å². The van der Waals surface area contributed by atoms with E-state index in [1.54, 1.807) is 0 Å². The number of hydrogen-bond donors (Lipinski definition) is 1. The van der Waals surface area contributed by atoms with Gasteiger partial charge in [0, 0.05) is 5.54 Å². The molecule has 0 aliphatic rings. The molecule has 0 unspecified atom stereocenters. The first-order valence-electron chi connectivity index (χ1n) is 1.63. The Labute approximate surface area is 68.4 Å². The minimum Gasteiger partial charge on any atom is -0.405 e. The van der Waals surface area contributed by atoms with Gasteiger partial charge in [-0.25, -0.2) is 0 Å². The summed E-state index contributed by atoms with van der Waals surface area (Å²) in [6, 6.07) is 0. The standard InChI is InChI=1S/C2HCl3.C2H5N.FH/c3-1-2(4)5;1-2-3;/h1H;2H,1,3H2;1H. The maximum atomic E-state index is 4.96. The van der Waals surface area contributed by atoms with E-state index in [0.717, 1.165) is 5.54 Å². The normalized spacial score (nSPS) is 5.22. The Morgan fingerprint density at radius 1 is 1.44 bits per heavy atom. The molecule has 0 aliphatic carbocycles. The van der Waals surface area contributed by atoms with Crippen LogP contribution in [0.4, 0.5) is 4.70 Å². The zero-order valence-electron chi connectivity index (χ0n) is 4.48. The minimum atomic E-state index is 0. The molecule has 0 spiro atoms. The summed E-state index contributed by atoms with van der Waals surface area (Å²) in [6.07, 6.45) is 1.25. The molecule has 2 N–H and O–H groups in total. The fourth-order valence-electron chi connectivity index (χ4n) is 0. The summed E-state index contributed by atoms with van der Waals surface area (Å²) in [7, 11) is 0. The van der Waals surface area contributed by atoms with Crippen molar-refractivity contribution < 1.29 is 4.70 Å². The second-order valence-corrected chi connectivity index (χ2v) is 1.86. The van der Waals surface area contributed by atoms with Gasteiger partial charge in [-0.15, -0.1) is 0 Å². The van der Waals surface area contributed by atoms with E-state index in [9.17, 15) is 0 Å². The molecule has 0 bridgehead atoms. The molecule has 1 nitrogen and oxygen atoms in total. The highest BCUT2D eigenvalue weighted by Gasteiger charge is 1.70. The topological polar surface area (TPSA) is 26.0 Å². The summed E-state index contributed by atoms with van der Waals surface area (Å²) in [5, 5.41) is 0. The smallest absolute Gasteiger partial charge is 0.118 e. The van der Waals surface area contributed by atoms with Gasteiger partial charge in [-0.3, -0.25) is 4.70 Å². The van der Waals surface area contributed by atoms with Crippen molar-refractivity contribution in [2.45, 2.75) is 0 Å². The Morgan fingerprint density at radius 2 is 1.56 bits per heavy atom. The van der Waals surface area contributed by atoms with Gasteiger partial charge in [-0.1, -0.05) is 41.4 Å². The van der Waals surface area contributed by atoms with Crippen LogP contribution in [0.15, 0.2) is 22.8 Å². The average Bonchev–Trinajstić information content (AvgIpc) is 1.69. The van der Waals surface area contributed by atoms with Crippen molar-refractivity contribution in [2.75, 3.05) is 0 Å². The first-order valence-corrected chi connectivity index (χ1v) is 2.82. The lowest BCUT2D eigenvalue weighted by atomic mass is 11.1. The highest BCUT2D eigenvalue weighted by atomic mass is 35.5. The van der Waals surface area contributed by atoms with Crippen LogP contribution in [0.5, 0.6) is 0 Å². The molecule has 0 aromatic rings. The molecule has 5 heteroatoms. The third-order valence-corrected chi connectivity index (χ3v) is 0.742. The van der Waals surface area contributed by atoms with E-state index in [1.165, 1.54) is 6.20 Å². The Kier molecular flexibility index (Phi) is 28.0. The molecule has 9 heavy (non-hydrogen) atoms. The second-order valence-electron chi connectivity index (χ2n) is 0.634. The van der Waals surface area contributed by atoms with Crippen LogP contribution in [0.3, 0.4) is 0 Å². The number of halogens is 4. The van der Waals surface area contributed by atoms with E-state index in [0.29, 0.717) is 0 Å². The van der Waals surface area contributed by atoms with Gasteiger partial charge in [-0.05, 0) is 6.20 Å². The average molecular weight is 194 g/mol. The van der Waals surface area contributed by atoms with Crippen LogP contribution in [-0.2, 0) is 0 Å². The summed E-state index contributed by atoms with van der Waals surface area (Å²) in [5.41, 5.74) is 5.70. The second kappa shape index (κ2) is 15.7. The van der Waals surface area contributed by atoms with Crippen molar-refractivity contribution in [1.82, 2.24) is 0 Å².